The molecule has 1 atom stereocenters. The van der Waals surface area contributed by atoms with Crippen LogP contribution < -0.4 is 15.0 Å². The van der Waals surface area contributed by atoms with Gasteiger partial charge in [-0.15, -0.1) is 13.2 Å². The van der Waals surface area contributed by atoms with Crippen molar-refractivity contribution in [3.05, 3.63) is 87.3 Å². The molecule has 1 heterocycles. The van der Waals surface area contributed by atoms with E-state index >= 15 is 0 Å². The lowest BCUT2D eigenvalue weighted by Crippen LogP contribution is -2.19. The fourth-order valence-electron chi connectivity index (χ4n) is 3.71. The van der Waals surface area contributed by atoms with Crippen molar-refractivity contribution in [1.82, 2.24) is 9.97 Å². The Balaban J connectivity index is 1.79. The highest BCUT2D eigenvalue weighted by Crippen LogP contribution is 2.31. The molecule has 0 saturated heterocycles. The Morgan fingerprint density at radius 2 is 1.77 bits per heavy atom. The first-order chi connectivity index (χ1) is 16.4. The standard InChI is InChI=1S/C25H24F4N2O4/c1-14(2)18(16-5-7-17(8-6-16)35-25(27,28)29)12-21(32)20-13-24(33)31-23(30-20)11-15-4-9-22(34-3)19(26)10-15/h4-10,13-14,18H,11-12H2,1-3H3,(H,30,31,33)/t18-/m1/s1. The predicted molar refractivity (Wildman–Crippen MR) is 120 cm³/mol. The molecule has 0 spiro atoms. The van der Waals surface area contributed by atoms with Crippen LogP contribution in [0.25, 0.3) is 0 Å². The highest BCUT2D eigenvalue weighted by atomic mass is 19.4. The molecule has 0 unspecified atom stereocenters. The number of hydrogen-bond acceptors (Lipinski definition) is 5. The number of aromatic nitrogens is 2. The number of methoxy groups -OCH3 is 1. The van der Waals surface area contributed by atoms with Gasteiger partial charge in [-0.3, -0.25) is 9.59 Å². The van der Waals surface area contributed by atoms with Gasteiger partial charge in [-0.2, -0.15) is 0 Å². The number of ether oxygens (including phenoxy) is 2. The van der Waals surface area contributed by atoms with E-state index in [1.807, 2.05) is 13.8 Å². The normalized spacial score (nSPS) is 12.5. The molecule has 1 aromatic heterocycles. The van der Waals surface area contributed by atoms with Gasteiger partial charge in [0.1, 0.15) is 17.3 Å². The van der Waals surface area contributed by atoms with E-state index in [1.54, 1.807) is 6.07 Å². The van der Waals surface area contributed by atoms with Gasteiger partial charge < -0.3 is 14.5 Å². The Morgan fingerprint density at radius 1 is 1.09 bits per heavy atom. The van der Waals surface area contributed by atoms with Crippen LogP contribution in [-0.2, 0) is 6.42 Å². The first kappa shape index (κ1) is 25.9. The van der Waals surface area contributed by atoms with Crippen molar-refractivity contribution in [2.45, 2.75) is 39.0 Å². The lowest BCUT2D eigenvalue weighted by molar-refractivity contribution is -0.274. The fraction of sp³-hybridized carbons (Fsp3) is 0.320. The van der Waals surface area contributed by atoms with Crippen LogP contribution in [0.15, 0.2) is 53.3 Å². The zero-order chi connectivity index (χ0) is 25.8. The first-order valence-corrected chi connectivity index (χ1v) is 10.8. The van der Waals surface area contributed by atoms with Crippen molar-refractivity contribution in [3.8, 4) is 11.5 Å². The van der Waals surface area contributed by atoms with E-state index in [0.717, 1.165) is 6.07 Å². The second-order valence-corrected chi connectivity index (χ2v) is 8.32. The van der Waals surface area contributed by atoms with Crippen LogP contribution in [-0.4, -0.2) is 29.2 Å². The highest BCUT2D eigenvalue weighted by molar-refractivity contribution is 5.94. The molecule has 0 fully saturated rings. The van der Waals surface area contributed by atoms with E-state index in [9.17, 15) is 27.2 Å². The molecule has 2 aromatic carbocycles. The predicted octanol–water partition coefficient (Wildman–Crippen LogP) is 5.42. The lowest BCUT2D eigenvalue weighted by Gasteiger charge is -2.21. The first-order valence-electron chi connectivity index (χ1n) is 10.8. The highest BCUT2D eigenvalue weighted by Gasteiger charge is 2.31. The van der Waals surface area contributed by atoms with Crippen molar-refractivity contribution in [3.63, 3.8) is 0 Å². The number of rotatable bonds is 9. The molecule has 0 amide bonds. The Kier molecular flexibility index (Phi) is 7.93. The van der Waals surface area contributed by atoms with Crippen molar-refractivity contribution in [1.29, 1.82) is 0 Å². The zero-order valence-corrected chi connectivity index (χ0v) is 19.3. The third-order valence-corrected chi connectivity index (χ3v) is 5.42. The third kappa shape index (κ3) is 7.14. The van der Waals surface area contributed by atoms with E-state index in [-0.39, 0.29) is 47.7 Å². The molecule has 0 aliphatic heterocycles. The topological polar surface area (TPSA) is 81.3 Å². The van der Waals surface area contributed by atoms with E-state index in [4.69, 9.17) is 4.74 Å². The summed E-state index contributed by atoms with van der Waals surface area (Å²) < 4.78 is 60.0. The molecule has 3 rings (SSSR count). The smallest absolute Gasteiger partial charge is 0.494 e. The summed E-state index contributed by atoms with van der Waals surface area (Å²) in [5.41, 5.74) is 0.612. The Labute approximate surface area is 198 Å². The maximum atomic E-state index is 14.0. The molecule has 10 heteroatoms. The van der Waals surface area contributed by atoms with Gasteiger partial charge in [0, 0.05) is 18.9 Å². The van der Waals surface area contributed by atoms with E-state index in [2.05, 4.69) is 14.7 Å². The molecule has 6 nitrogen and oxygen atoms in total. The van der Waals surface area contributed by atoms with Gasteiger partial charge in [0.15, 0.2) is 17.3 Å². The SMILES string of the molecule is COc1ccc(Cc2nc(C(=O)C[C@@H](c3ccc(OC(F)(F)F)cc3)C(C)C)cc(=O)[nH]2)cc1F. The molecular weight excluding hydrogens is 468 g/mol. The number of ketones is 1. The van der Waals surface area contributed by atoms with Crippen LogP contribution in [0.2, 0.25) is 0 Å². The molecule has 0 bridgehead atoms. The second-order valence-electron chi connectivity index (χ2n) is 8.32. The van der Waals surface area contributed by atoms with Crippen LogP contribution >= 0.6 is 0 Å². The summed E-state index contributed by atoms with van der Waals surface area (Å²) in [6.45, 7) is 3.76. The van der Waals surface area contributed by atoms with Gasteiger partial charge in [0.05, 0.1) is 7.11 Å². The number of halogens is 4. The molecule has 0 saturated carbocycles. The number of aromatic amines is 1. The average Bonchev–Trinajstić information content (AvgIpc) is 2.76. The number of H-pyrrole nitrogens is 1. The van der Waals surface area contributed by atoms with E-state index < -0.39 is 23.5 Å². The molecule has 0 aliphatic rings. The summed E-state index contributed by atoms with van der Waals surface area (Å²) in [7, 11) is 1.35. The Morgan fingerprint density at radius 3 is 2.34 bits per heavy atom. The average molecular weight is 492 g/mol. The summed E-state index contributed by atoms with van der Waals surface area (Å²) >= 11 is 0. The number of benzene rings is 2. The number of nitrogens with one attached hydrogen (secondary N) is 1. The molecule has 186 valence electrons. The van der Waals surface area contributed by atoms with Gasteiger partial charge in [0.2, 0.25) is 0 Å². The lowest BCUT2D eigenvalue weighted by atomic mass is 9.84. The number of carbonyl (C=O) groups excluding carboxylic acids is 1. The van der Waals surface area contributed by atoms with Crippen LogP contribution in [0, 0.1) is 11.7 Å². The van der Waals surface area contributed by atoms with Crippen LogP contribution in [0.5, 0.6) is 11.5 Å². The van der Waals surface area contributed by atoms with Gasteiger partial charge >= 0.3 is 6.36 Å². The quantitative estimate of drug-likeness (QED) is 0.319. The van der Waals surface area contributed by atoms with Crippen molar-refractivity contribution in [2.24, 2.45) is 5.92 Å². The molecule has 35 heavy (non-hydrogen) atoms. The van der Waals surface area contributed by atoms with Gasteiger partial charge in [-0.1, -0.05) is 32.0 Å². The van der Waals surface area contributed by atoms with E-state index in [0.29, 0.717) is 11.1 Å². The monoisotopic (exact) mass is 492 g/mol. The van der Waals surface area contributed by atoms with Crippen molar-refractivity contribution in [2.75, 3.05) is 7.11 Å². The second kappa shape index (κ2) is 10.7. The van der Waals surface area contributed by atoms with Gasteiger partial charge in [-0.05, 0) is 47.2 Å². The number of alkyl halides is 3. The zero-order valence-electron chi connectivity index (χ0n) is 19.3. The largest absolute Gasteiger partial charge is 0.573 e. The Bertz CT molecular complexity index is 1240. The fourth-order valence-corrected chi connectivity index (χ4v) is 3.71. The van der Waals surface area contributed by atoms with E-state index in [1.165, 1.54) is 43.5 Å². The molecule has 3 aromatic rings. The van der Waals surface area contributed by atoms with Crippen molar-refractivity contribution < 1.29 is 31.8 Å². The Hall–Kier alpha value is -3.69. The summed E-state index contributed by atoms with van der Waals surface area (Å²) in [4.78, 5) is 32.0. The van der Waals surface area contributed by atoms with Gasteiger partial charge in [0.25, 0.3) is 5.56 Å². The summed E-state index contributed by atoms with van der Waals surface area (Å²) in [6, 6.07) is 10.8. The van der Waals surface area contributed by atoms with Crippen molar-refractivity contribution >= 4 is 5.78 Å². The third-order valence-electron chi connectivity index (χ3n) is 5.42. The maximum Gasteiger partial charge on any atom is 0.573 e. The van der Waals surface area contributed by atoms with Gasteiger partial charge in [-0.25, -0.2) is 9.37 Å². The molecule has 0 radical (unpaired) electrons. The molecule has 0 aliphatic carbocycles. The maximum absolute atomic E-state index is 14.0. The van der Waals surface area contributed by atoms with Crippen LogP contribution in [0.4, 0.5) is 17.6 Å². The minimum atomic E-state index is -4.80. The number of carbonyl (C=O) groups is 1. The summed E-state index contributed by atoms with van der Waals surface area (Å²) in [6.07, 6.45) is -4.72. The minimum Gasteiger partial charge on any atom is -0.494 e. The molecular formula is C25H24F4N2O4. The summed E-state index contributed by atoms with van der Waals surface area (Å²) in [5, 5.41) is 0. The number of nitrogens with zero attached hydrogens (tertiary/aromatic N) is 1. The van der Waals surface area contributed by atoms with Crippen LogP contribution in [0.1, 0.15) is 53.6 Å². The summed E-state index contributed by atoms with van der Waals surface area (Å²) in [5.74, 6) is -1.40. The minimum absolute atomic E-state index is 0.00972. The van der Waals surface area contributed by atoms with Crippen LogP contribution in [0.3, 0.4) is 0 Å². The number of Topliss-reactive ketones (excluding diaryl/α,β-unsaturated/α-hetero) is 1. The molecule has 1 N–H and O–H groups in total. The number of hydrogen-bond donors (Lipinski definition) is 1.